The van der Waals surface area contributed by atoms with Gasteiger partial charge in [0.1, 0.15) is 5.71 Å². The van der Waals surface area contributed by atoms with Crippen molar-refractivity contribution in [3.63, 3.8) is 0 Å². The zero-order chi connectivity index (χ0) is 19.2. The molecule has 2 aliphatic heterocycles. The van der Waals surface area contributed by atoms with Crippen molar-refractivity contribution in [2.45, 2.75) is 58.5 Å². The number of nitrogens with one attached hydrogen (secondary N) is 1. The van der Waals surface area contributed by atoms with E-state index < -0.39 is 0 Å². The summed E-state index contributed by atoms with van der Waals surface area (Å²) in [6, 6.07) is 0. The highest BCUT2D eigenvalue weighted by Gasteiger charge is 2.28. The summed E-state index contributed by atoms with van der Waals surface area (Å²) in [5, 5.41) is 7.87. The van der Waals surface area contributed by atoms with Crippen LogP contribution in [0.2, 0.25) is 0 Å². The number of nitrogens with zero attached hydrogens (tertiary/aromatic N) is 4. The van der Waals surface area contributed by atoms with Crippen molar-refractivity contribution in [2.75, 3.05) is 19.7 Å². The number of hydrazone groups is 1. The normalized spacial score (nSPS) is 20.6. The molecular formula is C18H27N5O4. The quantitative estimate of drug-likeness (QED) is 0.761. The van der Waals surface area contributed by atoms with Crippen molar-refractivity contribution in [3.05, 3.63) is 11.7 Å². The second kappa shape index (κ2) is 9.07. The lowest BCUT2D eigenvalue weighted by atomic mass is 10.1. The molecule has 9 nitrogen and oxygen atoms in total. The number of carbonyl (C=O) groups excluding carboxylic acids is 2. The number of piperidine rings is 1. The third kappa shape index (κ3) is 5.59. The van der Waals surface area contributed by atoms with Crippen LogP contribution in [-0.2, 0) is 27.2 Å². The fourth-order valence-corrected chi connectivity index (χ4v) is 3.21. The molecule has 3 heterocycles. The van der Waals surface area contributed by atoms with Gasteiger partial charge in [-0.3, -0.25) is 9.59 Å². The first-order valence-electron chi connectivity index (χ1n) is 9.59. The first kappa shape index (κ1) is 19.5. The van der Waals surface area contributed by atoms with Gasteiger partial charge >= 0.3 is 0 Å². The van der Waals surface area contributed by atoms with E-state index >= 15 is 0 Å². The molecule has 2 amide bonds. The molecular weight excluding hydrogens is 350 g/mol. The Bertz CT molecular complexity index is 700. The Morgan fingerprint density at radius 2 is 2.26 bits per heavy atom. The molecule has 1 saturated heterocycles. The molecule has 9 heteroatoms. The van der Waals surface area contributed by atoms with E-state index in [2.05, 4.69) is 34.5 Å². The minimum absolute atomic E-state index is 0.0106. The maximum absolute atomic E-state index is 12.5. The predicted molar refractivity (Wildman–Crippen MR) is 96.9 cm³/mol. The molecule has 27 heavy (non-hydrogen) atoms. The molecule has 1 unspecified atom stereocenters. The minimum atomic E-state index is -0.149. The van der Waals surface area contributed by atoms with Crippen LogP contribution in [0.15, 0.2) is 9.62 Å². The second-order valence-electron chi connectivity index (χ2n) is 7.43. The minimum Gasteiger partial charge on any atom is -0.376 e. The van der Waals surface area contributed by atoms with Crippen LogP contribution in [0.1, 0.15) is 51.2 Å². The van der Waals surface area contributed by atoms with Crippen LogP contribution in [0.25, 0.3) is 0 Å². The van der Waals surface area contributed by atoms with Gasteiger partial charge in [0.25, 0.3) is 5.91 Å². The highest BCUT2D eigenvalue weighted by atomic mass is 16.5. The van der Waals surface area contributed by atoms with Crippen molar-refractivity contribution >= 4 is 17.5 Å². The highest BCUT2D eigenvalue weighted by Crippen LogP contribution is 2.16. The summed E-state index contributed by atoms with van der Waals surface area (Å²) >= 11 is 0. The summed E-state index contributed by atoms with van der Waals surface area (Å²) in [5.74, 6) is 1.53. The van der Waals surface area contributed by atoms with Crippen LogP contribution in [0.4, 0.5) is 0 Å². The fraction of sp³-hybridized carbons (Fsp3) is 0.722. The van der Waals surface area contributed by atoms with Gasteiger partial charge in [-0.1, -0.05) is 19.0 Å². The number of rotatable bonds is 7. The molecule has 1 atom stereocenters. The van der Waals surface area contributed by atoms with Gasteiger partial charge < -0.3 is 14.2 Å². The molecule has 0 aliphatic carbocycles. The lowest BCUT2D eigenvalue weighted by Gasteiger charge is -2.33. The molecule has 0 saturated carbocycles. The molecule has 1 aromatic rings. The van der Waals surface area contributed by atoms with Gasteiger partial charge in [0, 0.05) is 38.8 Å². The van der Waals surface area contributed by atoms with Gasteiger partial charge in [-0.2, -0.15) is 10.1 Å². The predicted octanol–water partition coefficient (Wildman–Crippen LogP) is 1.08. The Hall–Kier alpha value is -2.29. The van der Waals surface area contributed by atoms with E-state index in [0.29, 0.717) is 62.3 Å². The van der Waals surface area contributed by atoms with Crippen LogP contribution in [0.5, 0.6) is 0 Å². The van der Waals surface area contributed by atoms with Gasteiger partial charge in [-0.05, 0) is 18.8 Å². The van der Waals surface area contributed by atoms with Gasteiger partial charge in [0.2, 0.25) is 11.8 Å². The summed E-state index contributed by atoms with van der Waals surface area (Å²) in [5.41, 5.74) is 2.79. The van der Waals surface area contributed by atoms with Crippen molar-refractivity contribution < 1.29 is 18.8 Å². The van der Waals surface area contributed by atoms with E-state index in [-0.39, 0.29) is 17.9 Å². The number of ether oxygens (including phenoxy) is 1. The van der Waals surface area contributed by atoms with Crippen LogP contribution in [-0.4, -0.2) is 58.4 Å². The third-order valence-electron chi connectivity index (χ3n) is 4.59. The van der Waals surface area contributed by atoms with E-state index in [1.54, 1.807) is 4.90 Å². The van der Waals surface area contributed by atoms with Gasteiger partial charge in [0.15, 0.2) is 5.82 Å². The van der Waals surface area contributed by atoms with E-state index in [1.165, 1.54) is 0 Å². The Morgan fingerprint density at radius 1 is 1.41 bits per heavy atom. The maximum atomic E-state index is 12.5. The molecule has 0 radical (unpaired) electrons. The molecule has 148 valence electrons. The summed E-state index contributed by atoms with van der Waals surface area (Å²) in [6.45, 7) is 5.93. The SMILES string of the molecule is CC(C)Cc1nc(CCOC2CCCN(C(=O)C3=NNC(=O)CC3)C2)no1. The van der Waals surface area contributed by atoms with Crippen molar-refractivity contribution in [3.8, 4) is 0 Å². The van der Waals surface area contributed by atoms with Gasteiger partial charge in [-0.25, -0.2) is 5.43 Å². The Balaban J connectivity index is 1.44. The first-order chi connectivity index (χ1) is 13.0. The monoisotopic (exact) mass is 377 g/mol. The summed E-state index contributed by atoms with van der Waals surface area (Å²) in [7, 11) is 0. The second-order valence-corrected chi connectivity index (χ2v) is 7.43. The lowest BCUT2D eigenvalue weighted by molar-refractivity contribution is -0.128. The topological polar surface area (TPSA) is 110 Å². The smallest absolute Gasteiger partial charge is 0.270 e. The van der Waals surface area contributed by atoms with Gasteiger partial charge in [-0.15, -0.1) is 0 Å². The summed E-state index contributed by atoms with van der Waals surface area (Å²) < 4.78 is 11.2. The Labute approximate surface area is 158 Å². The molecule has 1 fully saturated rings. The molecule has 3 rings (SSSR count). The molecule has 1 N–H and O–H groups in total. The van der Waals surface area contributed by atoms with Crippen LogP contribution < -0.4 is 5.43 Å². The third-order valence-corrected chi connectivity index (χ3v) is 4.59. The van der Waals surface area contributed by atoms with E-state index in [4.69, 9.17) is 9.26 Å². The summed E-state index contributed by atoms with van der Waals surface area (Å²) in [6.07, 6.45) is 3.85. The largest absolute Gasteiger partial charge is 0.376 e. The Kier molecular flexibility index (Phi) is 6.54. The number of amides is 2. The molecule has 1 aromatic heterocycles. The van der Waals surface area contributed by atoms with Crippen molar-refractivity contribution in [1.29, 1.82) is 0 Å². The van der Waals surface area contributed by atoms with Crippen LogP contribution >= 0.6 is 0 Å². The van der Waals surface area contributed by atoms with Crippen molar-refractivity contribution in [1.82, 2.24) is 20.5 Å². The maximum Gasteiger partial charge on any atom is 0.270 e. The zero-order valence-corrected chi connectivity index (χ0v) is 15.9. The average Bonchev–Trinajstić information content (AvgIpc) is 3.08. The molecule has 0 bridgehead atoms. The lowest BCUT2D eigenvalue weighted by Crippen LogP contribution is -2.47. The van der Waals surface area contributed by atoms with Gasteiger partial charge in [0.05, 0.1) is 12.7 Å². The van der Waals surface area contributed by atoms with E-state index in [0.717, 1.165) is 19.3 Å². The Morgan fingerprint density at radius 3 is 3.00 bits per heavy atom. The molecule has 2 aliphatic rings. The number of carbonyl (C=O) groups is 2. The number of aromatic nitrogens is 2. The highest BCUT2D eigenvalue weighted by molar-refractivity contribution is 6.39. The molecule has 0 spiro atoms. The average molecular weight is 377 g/mol. The number of hydrogen-bond acceptors (Lipinski definition) is 7. The van der Waals surface area contributed by atoms with Crippen LogP contribution in [0, 0.1) is 5.92 Å². The molecule has 0 aromatic carbocycles. The number of hydrogen-bond donors (Lipinski definition) is 1. The first-order valence-corrected chi connectivity index (χ1v) is 9.59. The van der Waals surface area contributed by atoms with E-state index in [1.807, 2.05) is 0 Å². The number of likely N-dealkylation sites (tertiary alicyclic amines) is 1. The van der Waals surface area contributed by atoms with E-state index in [9.17, 15) is 9.59 Å². The fourth-order valence-electron chi connectivity index (χ4n) is 3.21. The van der Waals surface area contributed by atoms with Crippen LogP contribution in [0.3, 0.4) is 0 Å². The zero-order valence-electron chi connectivity index (χ0n) is 15.9. The standard InChI is InChI=1S/C18H27N5O4/c1-12(2)10-17-19-15(22-27-17)7-9-26-13-4-3-8-23(11-13)18(25)14-5-6-16(24)21-20-14/h12-13H,3-11H2,1-2H3,(H,21,24). The van der Waals surface area contributed by atoms with Crippen molar-refractivity contribution in [2.24, 2.45) is 11.0 Å². The summed E-state index contributed by atoms with van der Waals surface area (Å²) in [4.78, 5) is 29.9.